The lowest BCUT2D eigenvalue weighted by molar-refractivity contribution is -0.492. The Kier molecular flexibility index (Phi) is 6.86. The van der Waals surface area contributed by atoms with Gasteiger partial charge in [-0.15, -0.1) is 0 Å². The Morgan fingerprint density at radius 2 is 0.963 bits per heavy atom. The van der Waals surface area contributed by atoms with Crippen LogP contribution in [-0.2, 0) is 9.47 Å². The van der Waals surface area contributed by atoms with Crippen LogP contribution in [-0.4, -0.2) is 48.4 Å². The van der Waals surface area contributed by atoms with Crippen molar-refractivity contribution in [1.29, 1.82) is 0 Å². The lowest BCUT2D eigenvalue weighted by Crippen LogP contribution is -2.63. The molecular weight excluding hydrogens is 423 g/mol. The second-order valence-corrected chi connectivity index (χ2v) is 5.97. The molecule has 0 N–H and O–H groups in total. The molecule has 0 saturated carbocycles. The van der Waals surface area contributed by atoms with Crippen molar-refractivity contribution in [3.63, 3.8) is 0 Å². The number of halogens is 13. The van der Waals surface area contributed by atoms with Crippen LogP contribution in [0.25, 0.3) is 0 Å². The zero-order chi connectivity index (χ0) is 22.3. The predicted octanol–water partition coefficient (Wildman–Crippen LogP) is 5.86. The maximum absolute atomic E-state index is 13.8. The molecule has 27 heavy (non-hydrogen) atoms. The average Bonchev–Trinajstić information content (AvgIpc) is 2.31. The van der Waals surface area contributed by atoms with Crippen LogP contribution >= 0.6 is 0 Å². The smallest absolute Gasteiger partial charge is 0.252 e. The summed E-state index contributed by atoms with van der Waals surface area (Å²) in [7, 11) is 0. The molecule has 0 aliphatic rings. The van der Waals surface area contributed by atoms with E-state index in [1.807, 2.05) is 0 Å². The molecule has 0 heterocycles. The SMILES string of the molecule is CC(F)(F)CC(F)(F)OC(F)(F)C(C)(F)C(F)(F)OC(F)(F)C(C)(F)CF. The molecule has 2 nitrogen and oxygen atoms in total. The first-order valence-corrected chi connectivity index (χ1v) is 6.66. The summed E-state index contributed by atoms with van der Waals surface area (Å²) in [4.78, 5) is 0. The minimum atomic E-state index is -6.45. The van der Waals surface area contributed by atoms with Gasteiger partial charge in [0.2, 0.25) is 5.67 Å². The molecule has 0 aromatic rings. The molecule has 0 bridgehead atoms. The Morgan fingerprint density at radius 3 is 1.30 bits per heavy atom. The summed E-state index contributed by atoms with van der Waals surface area (Å²) in [5.74, 6) is -4.38. The van der Waals surface area contributed by atoms with E-state index in [1.165, 1.54) is 0 Å². The third kappa shape index (κ3) is 5.99. The van der Waals surface area contributed by atoms with Gasteiger partial charge in [0.15, 0.2) is 0 Å². The van der Waals surface area contributed by atoms with Gasteiger partial charge in [-0.1, -0.05) is 0 Å². The second kappa shape index (κ2) is 7.12. The summed E-state index contributed by atoms with van der Waals surface area (Å²) in [6.07, 6.45) is -27.2. The van der Waals surface area contributed by atoms with E-state index in [-0.39, 0.29) is 13.8 Å². The molecule has 0 aromatic carbocycles. The molecule has 164 valence electrons. The minimum Gasteiger partial charge on any atom is -0.252 e. The van der Waals surface area contributed by atoms with Crippen molar-refractivity contribution in [3.8, 4) is 0 Å². The lowest BCUT2D eigenvalue weighted by Gasteiger charge is -2.39. The number of ether oxygens (including phenoxy) is 2. The van der Waals surface area contributed by atoms with Crippen LogP contribution in [0.5, 0.6) is 0 Å². The molecule has 0 aliphatic carbocycles. The standard InChI is InChI=1S/C12H13F13O2/c1-6(14,5-13)10(20,21)27-12(24,25)8(3,17)11(22,23)26-9(18,19)4-7(2,15)16/h4-5H2,1-3H3. The Morgan fingerprint density at radius 1 is 0.593 bits per heavy atom. The van der Waals surface area contributed by atoms with E-state index in [1.54, 1.807) is 0 Å². The van der Waals surface area contributed by atoms with Crippen LogP contribution in [0.2, 0.25) is 0 Å². The zero-order valence-corrected chi connectivity index (χ0v) is 13.6. The second-order valence-electron chi connectivity index (χ2n) is 5.97. The minimum absolute atomic E-state index is 0.200. The number of alkyl halides is 13. The first-order valence-electron chi connectivity index (χ1n) is 6.66. The zero-order valence-electron chi connectivity index (χ0n) is 13.6. The third-order valence-electron chi connectivity index (χ3n) is 3.00. The summed E-state index contributed by atoms with van der Waals surface area (Å²) in [6, 6.07) is 0. The quantitative estimate of drug-likeness (QED) is 0.400. The topological polar surface area (TPSA) is 18.5 Å². The molecule has 15 heteroatoms. The highest BCUT2D eigenvalue weighted by Gasteiger charge is 2.75. The van der Waals surface area contributed by atoms with Crippen LogP contribution in [0.4, 0.5) is 57.1 Å². The van der Waals surface area contributed by atoms with E-state index in [0.29, 0.717) is 0 Å². The van der Waals surface area contributed by atoms with Crippen molar-refractivity contribution < 1.29 is 66.5 Å². The molecule has 0 fully saturated rings. The average molecular weight is 436 g/mol. The first kappa shape index (κ1) is 26.0. The van der Waals surface area contributed by atoms with Gasteiger partial charge in [-0.25, -0.2) is 26.7 Å². The largest absolute Gasteiger partial charge is 0.402 e. The van der Waals surface area contributed by atoms with E-state index < -0.39 is 61.7 Å². The number of hydrogen-bond donors (Lipinski definition) is 0. The molecule has 0 aromatic heterocycles. The van der Waals surface area contributed by atoms with Crippen molar-refractivity contribution in [2.75, 3.05) is 6.67 Å². The molecule has 0 aliphatic heterocycles. The molecule has 0 rings (SSSR count). The van der Waals surface area contributed by atoms with Gasteiger partial charge in [-0.05, 0) is 20.8 Å². The summed E-state index contributed by atoms with van der Waals surface area (Å²) in [6.45, 7) is -4.18. The molecule has 2 atom stereocenters. The van der Waals surface area contributed by atoms with Gasteiger partial charge < -0.3 is 0 Å². The fourth-order valence-corrected chi connectivity index (χ4v) is 1.29. The van der Waals surface area contributed by atoms with Crippen LogP contribution in [0.3, 0.4) is 0 Å². The summed E-state index contributed by atoms with van der Waals surface area (Å²) in [5.41, 5.74) is -10.4. The van der Waals surface area contributed by atoms with Gasteiger partial charge >= 0.3 is 24.4 Å². The van der Waals surface area contributed by atoms with Gasteiger partial charge in [-0.3, -0.25) is 4.74 Å². The van der Waals surface area contributed by atoms with E-state index >= 15 is 0 Å². The highest BCUT2D eigenvalue weighted by Crippen LogP contribution is 2.51. The molecule has 0 radical (unpaired) electrons. The fraction of sp³-hybridized carbons (Fsp3) is 1.00. The van der Waals surface area contributed by atoms with Crippen molar-refractivity contribution in [3.05, 3.63) is 0 Å². The molecule has 0 amide bonds. The van der Waals surface area contributed by atoms with Crippen LogP contribution in [0.1, 0.15) is 27.2 Å². The van der Waals surface area contributed by atoms with Crippen molar-refractivity contribution in [2.45, 2.75) is 68.9 Å². The van der Waals surface area contributed by atoms with E-state index in [4.69, 9.17) is 0 Å². The van der Waals surface area contributed by atoms with Gasteiger partial charge in [0.25, 0.3) is 11.6 Å². The number of hydrogen-bond acceptors (Lipinski definition) is 2. The van der Waals surface area contributed by atoms with Crippen LogP contribution in [0, 0.1) is 0 Å². The fourth-order valence-electron chi connectivity index (χ4n) is 1.29. The van der Waals surface area contributed by atoms with Crippen LogP contribution < -0.4 is 0 Å². The highest BCUT2D eigenvalue weighted by molar-refractivity contribution is 4.95. The van der Waals surface area contributed by atoms with Crippen molar-refractivity contribution in [1.82, 2.24) is 0 Å². The Labute approximate surface area is 143 Å². The Balaban J connectivity index is 5.73. The first-order chi connectivity index (χ1) is 11.4. The molecule has 0 saturated heterocycles. The summed E-state index contributed by atoms with van der Waals surface area (Å²) in [5, 5.41) is 0. The van der Waals surface area contributed by atoms with Crippen LogP contribution in [0.15, 0.2) is 0 Å². The van der Waals surface area contributed by atoms with Gasteiger partial charge in [-0.2, -0.15) is 35.1 Å². The van der Waals surface area contributed by atoms with E-state index in [2.05, 4.69) is 9.47 Å². The monoisotopic (exact) mass is 436 g/mol. The maximum Gasteiger partial charge on any atom is 0.402 e. The third-order valence-corrected chi connectivity index (χ3v) is 3.00. The summed E-state index contributed by atoms with van der Waals surface area (Å²) < 4.78 is 175. The van der Waals surface area contributed by atoms with Crippen molar-refractivity contribution in [2.24, 2.45) is 0 Å². The van der Waals surface area contributed by atoms with Gasteiger partial charge in [0, 0.05) is 0 Å². The predicted molar refractivity (Wildman–Crippen MR) is 62.2 cm³/mol. The summed E-state index contributed by atoms with van der Waals surface area (Å²) >= 11 is 0. The molecule has 0 spiro atoms. The Bertz CT molecular complexity index is 510. The number of rotatable bonds is 10. The maximum atomic E-state index is 13.8. The molecular formula is C12H13F13O2. The van der Waals surface area contributed by atoms with E-state index in [9.17, 15) is 57.1 Å². The van der Waals surface area contributed by atoms with Gasteiger partial charge in [0.05, 0.1) is 0 Å². The van der Waals surface area contributed by atoms with E-state index in [0.717, 1.165) is 0 Å². The Hall–Kier alpha value is -0.990. The highest BCUT2D eigenvalue weighted by atomic mass is 19.3. The normalized spacial score (nSPS) is 19.6. The molecule has 2 unspecified atom stereocenters. The lowest BCUT2D eigenvalue weighted by atomic mass is 10.1. The van der Waals surface area contributed by atoms with Crippen molar-refractivity contribution >= 4 is 0 Å². The van der Waals surface area contributed by atoms with Gasteiger partial charge in [0.1, 0.15) is 13.1 Å².